The van der Waals surface area contributed by atoms with Crippen LogP contribution in [-0.4, -0.2) is 37.1 Å². The van der Waals surface area contributed by atoms with E-state index in [1.54, 1.807) is 11.8 Å². The first kappa shape index (κ1) is 19.9. The maximum atomic E-state index is 10.7. The molecule has 15 heavy (non-hydrogen) atoms. The van der Waals surface area contributed by atoms with Gasteiger partial charge in [-0.15, -0.1) is 0 Å². The van der Waals surface area contributed by atoms with Crippen LogP contribution in [0, 0.1) is 0 Å². The summed E-state index contributed by atoms with van der Waals surface area (Å²) in [7, 11) is 0. The minimum Gasteiger partial charge on any atom is -0.378 e. The Morgan fingerprint density at radius 1 is 0.933 bits per heavy atom. The number of amides is 1. The second kappa shape index (κ2) is 19.1. The van der Waals surface area contributed by atoms with Crippen molar-refractivity contribution >= 4 is 5.91 Å². The Bertz CT molecular complexity index is 110. The molecule has 1 rings (SSSR count). The summed E-state index contributed by atoms with van der Waals surface area (Å²) in [6, 6.07) is 0. The molecule has 1 aliphatic heterocycles. The second-order valence-corrected chi connectivity index (χ2v) is 2.12. The Morgan fingerprint density at radius 2 is 1.27 bits per heavy atom. The average Bonchev–Trinajstić information content (AvgIpc) is 2.38. The van der Waals surface area contributed by atoms with Gasteiger partial charge in [0.25, 0.3) is 0 Å². The van der Waals surface area contributed by atoms with Crippen LogP contribution in [0.5, 0.6) is 0 Å². The Kier molecular flexibility index (Phi) is 25.3. The number of carbonyl (C=O) groups is 1. The molecule has 0 aliphatic carbocycles. The van der Waals surface area contributed by atoms with E-state index in [0.29, 0.717) is 13.2 Å². The van der Waals surface area contributed by atoms with Gasteiger partial charge in [0.2, 0.25) is 5.91 Å². The van der Waals surface area contributed by atoms with Crippen LogP contribution in [0.3, 0.4) is 0 Å². The predicted octanol–water partition coefficient (Wildman–Crippen LogP) is 2.94. The van der Waals surface area contributed by atoms with E-state index in [1.807, 2.05) is 41.5 Å². The minimum absolute atomic E-state index is 0.151. The Labute approximate surface area is 95.8 Å². The number of rotatable bonds is 0. The molecule has 3 nitrogen and oxygen atoms in total. The van der Waals surface area contributed by atoms with Crippen molar-refractivity contribution in [3.8, 4) is 0 Å². The fourth-order valence-electron chi connectivity index (χ4n) is 0.878. The predicted molar refractivity (Wildman–Crippen MR) is 67.1 cm³/mol. The number of hydrogen-bond acceptors (Lipinski definition) is 2. The van der Waals surface area contributed by atoms with Crippen molar-refractivity contribution in [2.45, 2.75) is 48.5 Å². The van der Waals surface area contributed by atoms with E-state index in [-0.39, 0.29) is 5.91 Å². The molecule has 94 valence electrons. The SMILES string of the molecule is CC.CC.CC.CC(=O)N1CCOCC1. The molecule has 0 aromatic rings. The lowest BCUT2D eigenvalue weighted by Gasteiger charge is -2.25. The zero-order valence-corrected chi connectivity index (χ0v) is 11.6. The van der Waals surface area contributed by atoms with E-state index < -0.39 is 0 Å². The molecule has 0 bridgehead atoms. The van der Waals surface area contributed by atoms with Gasteiger partial charge in [-0.2, -0.15) is 0 Å². The normalized spacial score (nSPS) is 13.1. The van der Waals surface area contributed by atoms with Gasteiger partial charge in [-0.1, -0.05) is 41.5 Å². The van der Waals surface area contributed by atoms with E-state index in [4.69, 9.17) is 4.74 Å². The van der Waals surface area contributed by atoms with Crippen molar-refractivity contribution in [1.29, 1.82) is 0 Å². The van der Waals surface area contributed by atoms with E-state index in [2.05, 4.69) is 0 Å². The second-order valence-electron chi connectivity index (χ2n) is 2.12. The maximum absolute atomic E-state index is 10.7. The fraction of sp³-hybridized carbons (Fsp3) is 0.917. The molecule has 0 aromatic heterocycles. The van der Waals surface area contributed by atoms with E-state index in [9.17, 15) is 4.79 Å². The van der Waals surface area contributed by atoms with Crippen molar-refractivity contribution in [2.75, 3.05) is 26.3 Å². The smallest absolute Gasteiger partial charge is 0.219 e. The molecule has 0 unspecified atom stereocenters. The molecule has 3 heteroatoms. The molecule has 1 amide bonds. The van der Waals surface area contributed by atoms with Crippen LogP contribution in [-0.2, 0) is 9.53 Å². The lowest BCUT2D eigenvalue weighted by atomic mass is 10.4. The van der Waals surface area contributed by atoms with Gasteiger partial charge in [-0.25, -0.2) is 0 Å². The van der Waals surface area contributed by atoms with Gasteiger partial charge < -0.3 is 9.64 Å². The summed E-state index contributed by atoms with van der Waals surface area (Å²) in [6.07, 6.45) is 0. The third kappa shape index (κ3) is 13.4. The third-order valence-corrected chi connectivity index (χ3v) is 1.46. The van der Waals surface area contributed by atoms with Crippen LogP contribution >= 0.6 is 0 Å². The molecule has 0 radical (unpaired) electrons. The highest BCUT2D eigenvalue weighted by atomic mass is 16.5. The Balaban J connectivity index is -0.000000208. The number of morpholine rings is 1. The van der Waals surface area contributed by atoms with E-state index >= 15 is 0 Å². The van der Waals surface area contributed by atoms with Crippen LogP contribution < -0.4 is 0 Å². The first-order chi connectivity index (χ1) is 7.30. The third-order valence-electron chi connectivity index (χ3n) is 1.46. The van der Waals surface area contributed by atoms with Gasteiger partial charge in [0.1, 0.15) is 0 Å². The number of nitrogens with zero attached hydrogens (tertiary/aromatic N) is 1. The van der Waals surface area contributed by atoms with Crippen LogP contribution in [0.2, 0.25) is 0 Å². The summed E-state index contributed by atoms with van der Waals surface area (Å²) in [5.41, 5.74) is 0. The van der Waals surface area contributed by atoms with Crippen LogP contribution in [0.25, 0.3) is 0 Å². The highest BCUT2D eigenvalue weighted by molar-refractivity contribution is 5.73. The molecule has 0 spiro atoms. The summed E-state index contributed by atoms with van der Waals surface area (Å²) in [6.45, 7) is 16.5. The lowest BCUT2D eigenvalue weighted by Crippen LogP contribution is -2.39. The van der Waals surface area contributed by atoms with Crippen molar-refractivity contribution in [3.05, 3.63) is 0 Å². The lowest BCUT2D eigenvalue weighted by molar-refractivity contribution is -0.132. The summed E-state index contributed by atoms with van der Waals surface area (Å²) >= 11 is 0. The van der Waals surface area contributed by atoms with E-state index in [0.717, 1.165) is 13.1 Å². The van der Waals surface area contributed by atoms with Crippen molar-refractivity contribution in [2.24, 2.45) is 0 Å². The highest BCUT2D eigenvalue weighted by Gasteiger charge is 2.11. The quantitative estimate of drug-likeness (QED) is 0.627. The van der Waals surface area contributed by atoms with Crippen LogP contribution in [0.1, 0.15) is 48.5 Å². The number of ether oxygens (including phenoxy) is 1. The van der Waals surface area contributed by atoms with E-state index in [1.165, 1.54) is 0 Å². The van der Waals surface area contributed by atoms with Gasteiger partial charge in [0.05, 0.1) is 13.2 Å². The van der Waals surface area contributed by atoms with Crippen LogP contribution in [0.4, 0.5) is 0 Å². The molecule has 1 aliphatic rings. The summed E-state index contributed by atoms with van der Waals surface area (Å²) in [5, 5.41) is 0. The largest absolute Gasteiger partial charge is 0.378 e. The van der Waals surface area contributed by atoms with Crippen molar-refractivity contribution in [3.63, 3.8) is 0 Å². The first-order valence-electron chi connectivity index (χ1n) is 6.14. The summed E-state index contributed by atoms with van der Waals surface area (Å²) < 4.78 is 5.06. The number of carbonyl (C=O) groups excluding carboxylic acids is 1. The Morgan fingerprint density at radius 3 is 1.47 bits per heavy atom. The van der Waals surface area contributed by atoms with Gasteiger partial charge in [0, 0.05) is 20.0 Å². The molecule has 0 atom stereocenters. The maximum Gasteiger partial charge on any atom is 0.219 e. The average molecular weight is 219 g/mol. The molecular formula is C12H29NO2. The van der Waals surface area contributed by atoms with Crippen molar-refractivity contribution in [1.82, 2.24) is 4.90 Å². The topological polar surface area (TPSA) is 29.5 Å². The number of hydrogen-bond donors (Lipinski definition) is 0. The molecule has 1 heterocycles. The van der Waals surface area contributed by atoms with Gasteiger partial charge >= 0.3 is 0 Å². The molecule has 1 saturated heterocycles. The molecule has 1 fully saturated rings. The summed E-state index contributed by atoms with van der Waals surface area (Å²) in [4.78, 5) is 12.5. The standard InChI is InChI=1S/C6H11NO2.3C2H6/c1-6(8)7-2-4-9-5-3-7;3*1-2/h2-5H2,1H3;3*1-2H3. The molecule has 0 N–H and O–H groups in total. The van der Waals surface area contributed by atoms with Gasteiger partial charge in [-0.05, 0) is 0 Å². The zero-order chi connectivity index (χ0) is 12.7. The van der Waals surface area contributed by atoms with Crippen LogP contribution in [0.15, 0.2) is 0 Å². The van der Waals surface area contributed by atoms with Gasteiger partial charge in [-0.3, -0.25) is 4.79 Å². The fourth-order valence-corrected chi connectivity index (χ4v) is 0.878. The zero-order valence-electron chi connectivity index (χ0n) is 11.6. The molecule has 0 saturated carbocycles. The van der Waals surface area contributed by atoms with Gasteiger partial charge in [0.15, 0.2) is 0 Å². The summed E-state index contributed by atoms with van der Waals surface area (Å²) in [5.74, 6) is 0.151. The monoisotopic (exact) mass is 219 g/mol. The molecular weight excluding hydrogens is 190 g/mol. The van der Waals surface area contributed by atoms with Crippen molar-refractivity contribution < 1.29 is 9.53 Å². The first-order valence-corrected chi connectivity index (χ1v) is 6.14. The minimum atomic E-state index is 0.151. The molecule has 0 aromatic carbocycles. The highest BCUT2D eigenvalue weighted by Crippen LogP contribution is 1.95. The Hall–Kier alpha value is -0.570.